The maximum Gasteiger partial charge on any atom is 0.226 e. The molecule has 6 heteroatoms. The Kier molecular flexibility index (Phi) is 4.78. The first-order valence-corrected chi connectivity index (χ1v) is 10.4. The van der Waals surface area contributed by atoms with E-state index in [0.29, 0.717) is 38.0 Å². The van der Waals surface area contributed by atoms with E-state index in [9.17, 15) is 13.2 Å². The lowest BCUT2D eigenvalue weighted by Gasteiger charge is -2.34. The zero-order valence-corrected chi connectivity index (χ0v) is 14.4. The third-order valence-electron chi connectivity index (χ3n) is 5.64. The number of fused-ring (bicyclic) bond motifs is 1. The Labute approximate surface area is 134 Å². The smallest absolute Gasteiger partial charge is 0.226 e. The van der Waals surface area contributed by atoms with E-state index in [4.69, 9.17) is 0 Å². The van der Waals surface area contributed by atoms with Crippen molar-refractivity contribution in [2.24, 2.45) is 17.8 Å². The predicted molar refractivity (Wildman–Crippen MR) is 85.8 cm³/mol. The zero-order valence-electron chi connectivity index (χ0n) is 13.5. The largest absolute Gasteiger partial charge is 0.340 e. The molecule has 0 N–H and O–H groups in total. The fraction of sp³-hybridized carbons (Fsp3) is 0.938. The number of piperazine rings is 1. The third kappa shape index (κ3) is 3.18. The molecule has 0 aromatic heterocycles. The number of nitrogens with zero attached hydrogens (tertiary/aromatic N) is 2. The first kappa shape index (κ1) is 16.2. The van der Waals surface area contributed by atoms with Crippen molar-refractivity contribution in [3.8, 4) is 0 Å². The van der Waals surface area contributed by atoms with Crippen LogP contribution in [0.5, 0.6) is 0 Å². The minimum atomic E-state index is -3.13. The predicted octanol–water partition coefficient (Wildman–Crippen LogP) is 1.70. The minimum absolute atomic E-state index is 0.252. The second-order valence-corrected chi connectivity index (χ2v) is 9.12. The molecule has 0 spiro atoms. The Hall–Kier alpha value is -0.620. The molecule has 2 unspecified atom stereocenters. The molecule has 2 saturated carbocycles. The summed E-state index contributed by atoms with van der Waals surface area (Å²) in [6.07, 6.45) is 6.44. The Morgan fingerprint density at radius 3 is 2.27 bits per heavy atom. The summed E-state index contributed by atoms with van der Waals surface area (Å²) in [5, 5.41) is 0. The van der Waals surface area contributed by atoms with Gasteiger partial charge in [0.1, 0.15) is 0 Å². The van der Waals surface area contributed by atoms with Crippen LogP contribution in [0.3, 0.4) is 0 Å². The second kappa shape index (κ2) is 6.48. The minimum Gasteiger partial charge on any atom is -0.340 e. The first-order chi connectivity index (χ1) is 10.5. The van der Waals surface area contributed by atoms with Gasteiger partial charge in [-0.1, -0.05) is 26.2 Å². The highest BCUT2D eigenvalue weighted by atomic mass is 32.2. The van der Waals surface area contributed by atoms with Crippen LogP contribution in [0, 0.1) is 17.8 Å². The number of sulfonamides is 1. The molecular weight excluding hydrogens is 300 g/mol. The second-order valence-electron chi connectivity index (χ2n) is 7.03. The number of amides is 1. The van der Waals surface area contributed by atoms with E-state index < -0.39 is 10.0 Å². The van der Waals surface area contributed by atoms with Crippen LogP contribution in [-0.2, 0) is 14.8 Å². The Morgan fingerprint density at radius 2 is 1.68 bits per heavy atom. The molecule has 2 aliphatic carbocycles. The van der Waals surface area contributed by atoms with Crippen molar-refractivity contribution in [2.45, 2.75) is 45.4 Å². The van der Waals surface area contributed by atoms with Gasteiger partial charge in [0.25, 0.3) is 0 Å². The summed E-state index contributed by atoms with van der Waals surface area (Å²) < 4.78 is 26.1. The number of carbonyl (C=O) groups excluding carboxylic acids is 1. The lowest BCUT2D eigenvalue weighted by molar-refractivity contribution is -0.134. The average molecular weight is 328 g/mol. The van der Waals surface area contributed by atoms with Crippen molar-refractivity contribution in [3.63, 3.8) is 0 Å². The van der Waals surface area contributed by atoms with Crippen LogP contribution in [0.1, 0.15) is 45.4 Å². The van der Waals surface area contributed by atoms with E-state index in [2.05, 4.69) is 6.92 Å². The summed E-state index contributed by atoms with van der Waals surface area (Å²) >= 11 is 0. The maximum atomic E-state index is 12.5. The van der Waals surface area contributed by atoms with Crippen molar-refractivity contribution in [1.82, 2.24) is 9.21 Å². The fourth-order valence-corrected chi connectivity index (χ4v) is 5.80. The summed E-state index contributed by atoms with van der Waals surface area (Å²) in [6, 6.07) is 0. The van der Waals surface area contributed by atoms with E-state index in [0.717, 1.165) is 19.3 Å². The number of carbonyl (C=O) groups is 1. The van der Waals surface area contributed by atoms with Gasteiger partial charge in [0.05, 0.1) is 5.75 Å². The van der Waals surface area contributed by atoms with Crippen molar-refractivity contribution in [2.75, 3.05) is 31.9 Å². The molecule has 1 heterocycles. The highest BCUT2D eigenvalue weighted by Gasteiger charge is 2.57. The van der Waals surface area contributed by atoms with Gasteiger partial charge in [-0.25, -0.2) is 8.42 Å². The molecule has 1 amide bonds. The summed E-state index contributed by atoms with van der Waals surface area (Å²) in [4.78, 5) is 14.4. The lowest BCUT2D eigenvalue weighted by atomic mass is 10.1. The van der Waals surface area contributed by atoms with E-state index in [-0.39, 0.29) is 17.6 Å². The van der Waals surface area contributed by atoms with E-state index in [1.54, 1.807) is 4.31 Å². The summed E-state index contributed by atoms with van der Waals surface area (Å²) in [5.74, 6) is 2.09. The van der Waals surface area contributed by atoms with Crippen LogP contribution in [0.4, 0.5) is 0 Å². The lowest BCUT2D eigenvalue weighted by Crippen LogP contribution is -2.51. The van der Waals surface area contributed by atoms with E-state index in [1.807, 2.05) is 4.90 Å². The highest BCUT2D eigenvalue weighted by molar-refractivity contribution is 7.89. The van der Waals surface area contributed by atoms with Gasteiger partial charge in [0.15, 0.2) is 0 Å². The van der Waals surface area contributed by atoms with Crippen molar-refractivity contribution in [1.29, 1.82) is 0 Å². The van der Waals surface area contributed by atoms with Crippen molar-refractivity contribution in [3.05, 3.63) is 0 Å². The van der Waals surface area contributed by atoms with Crippen LogP contribution < -0.4 is 0 Å². The van der Waals surface area contributed by atoms with Crippen LogP contribution >= 0.6 is 0 Å². The molecule has 0 bridgehead atoms. The van der Waals surface area contributed by atoms with E-state index >= 15 is 0 Å². The van der Waals surface area contributed by atoms with Gasteiger partial charge in [-0.15, -0.1) is 0 Å². The van der Waals surface area contributed by atoms with Gasteiger partial charge in [-0.05, 0) is 31.1 Å². The molecular formula is C16H28N2O3S. The number of rotatable bonds is 6. The van der Waals surface area contributed by atoms with Gasteiger partial charge < -0.3 is 4.90 Å². The average Bonchev–Trinajstić information content (AvgIpc) is 2.99. The third-order valence-corrected chi connectivity index (χ3v) is 7.60. The molecule has 0 aromatic rings. The van der Waals surface area contributed by atoms with Gasteiger partial charge >= 0.3 is 0 Å². The normalized spacial score (nSPS) is 32.0. The molecule has 126 valence electrons. The van der Waals surface area contributed by atoms with Gasteiger partial charge in [-0.3, -0.25) is 4.79 Å². The monoisotopic (exact) mass is 328 g/mol. The molecule has 5 nitrogen and oxygen atoms in total. The van der Waals surface area contributed by atoms with Gasteiger partial charge in [0.2, 0.25) is 15.9 Å². The van der Waals surface area contributed by atoms with Crippen LogP contribution in [0.15, 0.2) is 0 Å². The van der Waals surface area contributed by atoms with Crippen LogP contribution in [-0.4, -0.2) is 55.5 Å². The Morgan fingerprint density at radius 1 is 1.05 bits per heavy atom. The molecule has 0 radical (unpaired) electrons. The fourth-order valence-electron chi connectivity index (χ4n) is 4.25. The number of unbranched alkanes of at least 4 members (excludes halogenated alkanes) is 2. The highest BCUT2D eigenvalue weighted by Crippen LogP contribution is 2.58. The van der Waals surface area contributed by atoms with Crippen molar-refractivity contribution < 1.29 is 13.2 Å². The standard InChI is InChI=1S/C16H28N2O3S/c1-2-3-4-12-22(20,21)18-10-8-17(9-11-18)16(19)15-13-6-5-7-14(13)15/h13-15H,2-12H2,1H3. The summed E-state index contributed by atoms with van der Waals surface area (Å²) in [7, 11) is -3.13. The van der Waals surface area contributed by atoms with Crippen LogP contribution in [0.25, 0.3) is 0 Å². The van der Waals surface area contributed by atoms with E-state index in [1.165, 1.54) is 19.3 Å². The molecule has 3 rings (SSSR count). The Bertz CT molecular complexity index is 501. The first-order valence-electron chi connectivity index (χ1n) is 8.81. The molecule has 1 saturated heterocycles. The summed E-state index contributed by atoms with van der Waals surface area (Å²) in [6.45, 7) is 4.16. The molecule has 2 atom stereocenters. The SMILES string of the molecule is CCCCCS(=O)(=O)N1CCN(C(=O)C2C3CCCC32)CC1. The summed E-state index contributed by atoms with van der Waals surface area (Å²) in [5.41, 5.74) is 0. The topological polar surface area (TPSA) is 57.7 Å². The van der Waals surface area contributed by atoms with Gasteiger partial charge in [-0.2, -0.15) is 4.31 Å². The maximum absolute atomic E-state index is 12.5. The molecule has 22 heavy (non-hydrogen) atoms. The molecule has 3 fully saturated rings. The van der Waals surface area contributed by atoms with Gasteiger partial charge in [0, 0.05) is 32.1 Å². The quantitative estimate of drug-likeness (QED) is 0.697. The van der Waals surface area contributed by atoms with Crippen LogP contribution in [0.2, 0.25) is 0 Å². The molecule has 0 aromatic carbocycles. The molecule has 1 aliphatic heterocycles. The number of hydrogen-bond acceptors (Lipinski definition) is 3. The van der Waals surface area contributed by atoms with Crippen molar-refractivity contribution >= 4 is 15.9 Å². The zero-order chi connectivity index (χ0) is 15.7. The number of hydrogen-bond donors (Lipinski definition) is 0. The Balaban J connectivity index is 1.47. The molecule has 3 aliphatic rings.